The van der Waals surface area contributed by atoms with Crippen LogP contribution in [0.1, 0.15) is 37.7 Å². The van der Waals surface area contributed by atoms with E-state index in [1.54, 1.807) is 12.1 Å². The van der Waals surface area contributed by atoms with E-state index in [9.17, 15) is 9.90 Å². The fraction of sp³-hybridized carbons (Fsp3) is 0.650. The van der Waals surface area contributed by atoms with E-state index in [-0.39, 0.29) is 17.7 Å². The standard InChI is InChI=1S/C20H29N3O2/c1-22-14-20(7-9-21-10-8-20)12-18(22)19(25)23(16-5-6-16)13-15-3-2-4-17(24)11-15/h2-4,11,16,18,21,24H,5-10,12-14H2,1H3. The minimum absolute atomic E-state index is 0.0102. The smallest absolute Gasteiger partial charge is 0.240 e. The Labute approximate surface area is 150 Å². The maximum atomic E-state index is 13.4. The zero-order valence-electron chi connectivity index (χ0n) is 15.1. The lowest BCUT2D eigenvalue weighted by atomic mass is 9.77. The molecule has 1 amide bonds. The Morgan fingerprint density at radius 3 is 2.80 bits per heavy atom. The van der Waals surface area contributed by atoms with Gasteiger partial charge in [0, 0.05) is 19.1 Å². The first-order valence-electron chi connectivity index (χ1n) is 9.56. The van der Waals surface area contributed by atoms with Crippen molar-refractivity contribution in [3.05, 3.63) is 29.8 Å². The summed E-state index contributed by atoms with van der Waals surface area (Å²) in [5.41, 5.74) is 1.33. The molecule has 2 N–H and O–H groups in total. The van der Waals surface area contributed by atoms with Crippen LogP contribution in [0.25, 0.3) is 0 Å². The lowest BCUT2D eigenvalue weighted by Gasteiger charge is -2.33. The van der Waals surface area contributed by atoms with E-state index >= 15 is 0 Å². The molecule has 0 bridgehead atoms. The van der Waals surface area contributed by atoms with Gasteiger partial charge in [-0.25, -0.2) is 0 Å². The molecule has 5 heteroatoms. The number of rotatable bonds is 4. The number of piperidine rings is 1. The lowest BCUT2D eigenvalue weighted by molar-refractivity contribution is -0.136. The van der Waals surface area contributed by atoms with Gasteiger partial charge < -0.3 is 15.3 Å². The monoisotopic (exact) mass is 343 g/mol. The van der Waals surface area contributed by atoms with Crippen LogP contribution in [-0.2, 0) is 11.3 Å². The van der Waals surface area contributed by atoms with Gasteiger partial charge in [-0.05, 0) is 75.4 Å². The summed E-state index contributed by atoms with van der Waals surface area (Å²) in [6.07, 6.45) is 5.56. The first-order valence-corrected chi connectivity index (χ1v) is 9.56. The van der Waals surface area contributed by atoms with Gasteiger partial charge in [0.2, 0.25) is 5.91 Å². The van der Waals surface area contributed by atoms with Gasteiger partial charge in [-0.2, -0.15) is 0 Å². The second kappa shape index (κ2) is 6.61. The fourth-order valence-electron chi connectivity index (χ4n) is 4.68. The molecule has 0 aromatic heterocycles. The highest BCUT2D eigenvalue weighted by molar-refractivity contribution is 5.83. The number of nitrogens with one attached hydrogen (secondary N) is 1. The number of hydrogen-bond donors (Lipinski definition) is 2. The molecule has 2 saturated heterocycles. The van der Waals surface area contributed by atoms with Crippen LogP contribution >= 0.6 is 0 Å². The normalized spacial score (nSPS) is 26.0. The number of benzene rings is 1. The van der Waals surface area contributed by atoms with Gasteiger partial charge in [0.15, 0.2) is 0 Å². The van der Waals surface area contributed by atoms with E-state index in [0.29, 0.717) is 18.0 Å². The Bertz CT molecular complexity index is 638. The molecule has 1 spiro atoms. The van der Waals surface area contributed by atoms with Crippen LogP contribution in [0.4, 0.5) is 0 Å². The van der Waals surface area contributed by atoms with Crippen LogP contribution in [0.2, 0.25) is 0 Å². The summed E-state index contributed by atoms with van der Waals surface area (Å²) < 4.78 is 0. The molecule has 4 rings (SSSR count). The van der Waals surface area contributed by atoms with Crippen molar-refractivity contribution in [3.8, 4) is 5.75 Å². The minimum atomic E-state index is 0.0102. The average Bonchev–Trinajstić information content (AvgIpc) is 3.38. The number of likely N-dealkylation sites (tertiary alicyclic amines) is 1. The van der Waals surface area contributed by atoms with E-state index < -0.39 is 0 Å². The number of carbonyl (C=O) groups is 1. The number of aromatic hydroxyl groups is 1. The van der Waals surface area contributed by atoms with Crippen LogP contribution in [0.3, 0.4) is 0 Å². The second-order valence-corrected chi connectivity index (χ2v) is 8.25. The Kier molecular flexibility index (Phi) is 4.46. The van der Waals surface area contributed by atoms with E-state index in [1.165, 1.54) is 12.8 Å². The van der Waals surface area contributed by atoms with Gasteiger partial charge in [-0.15, -0.1) is 0 Å². The predicted molar refractivity (Wildman–Crippen MR) is 97.3 cm³/mol. The van der Waals surface area contributed by atoms with Gasteiger partial charge >= 0.3 is 0 Å². The molecular formula is C20H29N3O2. The molecular weight excluding hydrogens is 314 g/mol. The molecule has 1 saturated carbocycles. The number of nitrogens with zero attached hydrogens (tertiary/aromatic N) is 2. The maximum Gasteiger partial charge on any atom is 0.240 e. The van der Waals surface area contributed by atoms with Crippen molar-refractivity contribution in [1.29, 1.82) is 0 Å². The summed E-state index contributed by atoms with van der Waals surface area (Å²) in [5, 5.41) is 13.2. The van der Waals surface area contributed by atoms with Crippen molar-refractivity contribution in [2.24, 2.45) is 5.41 Å². The van der Waals surface area contributed by atoms with E-state index in [1.807, 2.05) is 12.1 Å². The molecule has 2 heterocycles. The molecule has 2 aliphatic heterocycles. The molecule has 3 fully saturated rings. The van der Waals surface area contributed by atoms with Crippen LogP contribution in [-0.4, -0.2) is 59.6 Å². The first kappa shape index (κ1) is 16.9. The van der Waals surface area contributed by atoms with Gasteiger partial charge in [0.05, 0.1) is 6.04 Å². The zero-order valence-corrected chi connectivity index (χ0v) is 15.1. The summed E-state index contributed by atoms with van der Waals surface area (Å²) in [6.45, 7) is 3.79. The van der Waals surface area contributed by atoms with E-state index in [4.69, 9.17) is 0 Å². The van der Waals surface area contributed by atoms with E-state index in [2.05, 4.69) is 22.2 Å². The van der Waals surface area contributed by atoms with Crippen LogP contribution in [0, 0.1) is 5.41 Å². The number of hydrogen-bond acceptors (Lipinski definition) is 4. The largest absolute Gasteiger partial charge is 0.508 e. The van der Waals surface area contributed by atoms with E-state index in [0.717, 1.165) is 44.5 Å². The quantitative estimate of drug-likeness (QED) is 0.877. The second-order valence-electron chi connectivity index (χ2n) is 8.25. The molecule has 0 radical (unpaired) electrons. The van der Waals surface area contributed by atoms with Gasteiger partial charge in [-0.1, -0.05) is 12.1 Å². The number of carbonyl (C=O) groups excluding carboxylic acids is 1. The minimum Gasteiger partial charge on any atom is -0.508 e. The highest BCUT2D eigenvalue weighted by atomic mass is 16.3. The van der Waals surface area contributed by atoms with Crippen LogP contribution in [0.5, 0.6) is 5.75 Å². The number of phenols is 1. The molecule has 1 aromatic carbocycles. The number of likely N-dealkylation sites (N-methyl/N-ethyl adjacent to an activating group) is 1. The highest BCUT2D eigenvalue weighted by Gasteiger charge is 2.48. The highest BCUT2D eigenvalue weighted by Crippen LogP contribution is 2.42. The summed E-state index contributed by atoms with van der Waals surface area (Å²) in [6, 6.07) is 7.69. The summed E-state index contributed by atoms with van der Waals surface area (Å²) in [7, 11) is 2.11. The molecule has 3 aliphatic rings. The van der Waals surface area contributed by atoms with Crippen molar-refractivity contribution >= 4 is 5.91 Å². The lowest BCUT2D eigenvalue weighted by Crippen LogP contribution is -2.45. The maximum absolute atomic E-state index is 13.4. The van der Waals surface area contributed by atoms with Crippen LogP contribution in [0.15, 0.2) is 24.3 Å². The van der Waals surface area contributed by atoms with Crippen LogP contribution < -0.4 is 5.32 Å². The predicted octanol–water partition coefficient (Wildman–Crippen LogP) is 1.96. The van der Waals surface area contributed by atoms with Crippen molar-refractivity contribution in [1.82, 2.24) is 15.1 Å². The average molecular weight is 343 g/mol. The zero-order chi connectivity index (χ0) is 17.4. The number of phenolic OH excluding ortho intramolecular Hbond substituents is 1. The van der Waals surface area contributed by atoms with Gasteiger partial charge in [0.1, 0.15) is 5.75 Å². The fourth-order valence-corrected chi connectivity index (χ4v) is 4.68. The molecule has 136 valence electrons. The summed E-state index contributed by atoms with van der Waals surface area (Å²) >= 11 is 0. The molecule has 25 heavy (non-hydrogen) atoms. The Morgan fingerprint density at radius 2 is 2.12 bits per heavy atom. The third-order valence-corrected chi connectivity index (χ3v) is 6.23. The van der Waals surface area contributed by atoms with Gasteiger partial charge in [-0.3, -0.25) is 9.69 Å². The van der Waals surface area contributed by atoms with Crippen molar-refractivity contribution in [2.45, 2.75) is 50.7 Å². The molecule has 5 nitrogen and oxygen atoms in total. The first-order chi connectivity index (χ1) is 12.1. The number of amides is 1. The molecule has 1 aliphatic carbocycles. The summed E-state index contributed by atoms with van der Waals surface area (Å²) in [5.74, 6) is 0.552. The van der Waals surface area contributed by atoms with Crippen molar-refractivity contribution in [3.63, 3.8) is 0 Å². The molecule has 1 aromatic rings. The van der Waals surface area contributed by atoms with Gasteiger partial charge in [0.25, 0.3) is 0 Å². The Morgan fingerprint density at radius 1 is 1.36 bits per heavy atom. The summed E-state index contributed by atoms with van der Waals surface area (Å²) in [4.78, 5) is 17.7. The van der Waals surface area contributed by atoms with Crippen molar-refractivity contribution < 1.29 is 9.90 Å². The topological polar surface area (TPSA) is 55.8 Å². The Hall–Kier alpha value is -1.59. The third-order valence-electron chi connectivity index (χ3n) is 6.23. The Balaban J connectivity index is 1.49. The third kappa shape index (κ3) is 3.53. The SMILES string of the molecule is CN1CC2(CCNCC2)CC1C(=O)N(Cc1cccc(O)c1)C1CC1. The van der Waals surface area contributed by atoms with Crippen molar-refractivity contribution in [2.75, 3.05) is 26.7 Å². The molecule has 1 unspecified atom stereocenters. The molecule has 1 atom stereocenters.